The number of furan rings is 1. The number of nitrogens with one attached hydrogen (secondary N) is 1. The Balaban J connectivity index is 1.53. The van der Waals surface area contributed by atoms with Crippen molar-refractivity contribution in [1.29, 1.82) is 0 Å². The summed E-state index contributed by atoms with van der Waals surface area (Å²) in [5, 5.41) is 19.5. The van der Waals surface area contributed by atoms with E-state index in [0.29, 0.717) is 33.8 Å². The quantitative estimate of drug-likeness (QED) is 0.216. The zero-order valence-corrected chi connectivity index (χ0v) is 20.5. The molecule has 0 aliphatic rings. The van der Waals surface area contributed by atoms with E-state index in [9.17, 15) is 14.9 Å². The number of ether oxygens (including phenoxy) is 1. The maximum absolute atomic E-state index is 12.8. The first kappa shape index (κ1) is 24.3. The third-order valence-corrected chi connectivity index (χ3v) is 5.99. The van der Waals surface area contributed by atoms with Crippen molar-refractivity contribution in [1.82, 2.24) is 9.78 Å². The van der Waals surface area contributed by atoms with Crippen molar-refractivity contribution < 1.29 is 18.9 Å². The van der Waals surface area contributed by atoms with E-state index >= 15 is 0 Å². The fourth-order valence-electron chi connectivity index (χ4n) is 3.43. The van der Waals surface area contributed by atoms with Crippen molar-refractivity contribution in [2.75, 3.05) is 5.32 Å². The van der Waals surface area contributed by atoms with Crippen molar-refractivity contribution in [2.45, 2.75) is 27.3 Å². The lowest BCUT2D eigenvalue weighted by Gasteiger charge is -2.11. The van der Waals surface area contributed by atoms with Gasteiger partial charge in [-0.15, -0.1) is 0 Å². The number of non-ortho nitro benzene ring substituents is 1. The Hall–Kier alpha value is -3.82. The lowest BCUT2D eigenvalue weighted by atomic mass is 10.2. The van der Waals surface area contributed by atoms with Gasteiger partial charge in [-0.1, -0.05) is 23.2 Å². The van der Waals surface area contributed by atoms with Crippen LogP contribution in [0.25, 0.3) is 0 Å². The molecule has 0 aliphatic carbocycles. The van der Waals surface area contributed by atoms with Crippen LogP contribution in [0.5, 0.6) is 11.5 Å². The standard InChI is InChI=1S/C24H20Cl2N4O5/c1-13-8-16(25)4-6-21(13)35-20-10-17(9-18(11-20)30(32)33)27-24(31)22-7-5-19(34-22)12-29-15(3)23(26)14(2)28-29/h4-11H,12H2,1-3H3,(H,27,31). The van der Waals surface area contributed by atoms with E-state index in [0.717, 1.165) is 11.3 Å². The number of anilines is 1. The fourth-order valence-corrected chi connectivity index (χ4v) is 3.79. The van der Waals surface area contributed by atoms with E-state index in [1.54, 1.807) is 42.8 Å². The number of nitro benzene ring substituents is 1. The molecule has 11 heteroatoms. The second-order valence-corrected chi connectivity index (χ2v) is 8.66. The SMILES string of the molecule is Cc1cc(Cl)ccc1Oc1cc(NC(=O)c2ccc(Cn3nc(C)c(Cl)c3C)o2)cc([N+](=O)[O-])c1. The minimum atomic E-state index is -0.572. The van der Waals surface area contributed by atoms with E-state index in [1.165, 1.54) is 24.3 Å². The number of nitro groups is 1. The van der Waals surface area contributed by atoms with Crippen LogP contribution in [0.15, 0.2) is 52.9 Å². The number of amides is 1. The summed E-state index contributed by atoms with van der Waals surface area (Å²) in [4.78, 5) is 23.6. The van der Waals surface area contributed by atoms with Crippen molar-refractivity contribution in [3.63, 3.8) is 0 Å². The number of carbonyl (C=O) groups excluding carboxylic acids is 1. The number of benzene rings is 2. The van der Waals surface area contributed by atoms with Crippen LogP contribution >= 0.6 is 23.2 Å². The van der Waals surface area contributed by atoms with Crippen LogP contribution in [0.3, 0.4) is 0 Å². The zero-order chi connectivity index (χ0) is 25.3. The number of hydrogen-bond donors (Lipinski definition) is 1. The Labute approximate surface area is 210 Å². The van der Waals surface area contributed by atoms with Gasteiger partial charge in [-0.25, -0.2) is 0 Å². The molecule has 0 fully saturated rings. The predicted molar refractivity (Wildman–Crippen MR) is 132 cm³/mol. The molecule has 0 unspecified atom stereocenters. The van der Waals surface area contributed by atoms with Crippen molar-refractivity contribution in [3.8, 4) is 11.5 Å². The van der Waals surface area contributed by atoms with Crippen LogP contribution in [0.2, 0.25) is 10.0 Å². The molecule has 2 aromatic heterocycles. The average Bonchev–Trinajstić information content (AvgIpc) is 3.36. The summed E-state index contributed by atoms with van der Waals surface area (Å²) >= 11 is 12.2. The molecule has 0 atom stereocenters. The number of hydrogen-bond acceptors (Lipinski definition) is 6. The van der Waals surface area contributed by atoms with Gasteiger partial charge in [-0.2, -0.15) is 5.10 Å². The molecule has 180 valence electrons. The van der Waals surface area contributed by atoms with Gasteiger partial charge < -0.3 is 14.5 Å². The predicted octanol–water partition coefficient (Wildman–Crippen LogP) is 6.71. The Kier molecular flexibility index (Phi) is 6.81. The summed E-state index contributed by atoms with van der Waals surface area (Å²) in [6.45, 7) is 5.74. The molecule has 1 N–H and O–H groups in total. The van der Waals surface area contributed by atoms with Gasteiger partial charge in [0.1, 0.15) is 17.3 Å². The minimum absolute atomic E-state index is 0.0372. The largest absolute Gasteiger partial charge is 0.457 e. The van der Waals surface area contributed by atoms with Crippen LogP contribution in [0, 0.1) is 30.9 Å². The van der Waals surface area contributed by atoms with Crippen LogP contribution in [0.4, 0.5) is 11.4 Å². The van der Waals surface area contributed by atoms with Crippen molar-refractivity contribution in [3.05, 3.63) is 97.2 Å². The van der Waals surface area contributed by atoms with Crippen molar-refractivity contribution >= 4 is 40.5 Å². The summed E-state index contributed by atoms with van der Waals surface area (Å²) in [6.07, 6.45) is 0. The van der Waals surface area contributed by atoms with Crippen LogP contribution < -0.4 is 10.1 Å². The first-order valence-corrected chi connectivity index (χ1v) is 11.2. The van der Waals surface area contributed by atoms with Gasteiger partial charge in [0.25, 0.3) is 11.6 Å². The third-order valence-electron chi connectivity index (χ3n) is 5.21. The molecule has 0 aliphatic heterocycles. The average molecular weight is 515 g/mol. The third kappa shape index (κ3) is 5.47. The summed E-state index contributed by atoms with van der Waals surface area (Å²) < 4.78 is 13.2. The molecule has 0 bridgehead atoms. The van der Waals surface area contributed by atoms with Gasteiger partial charge in [0.05, 0.1) is 39.6 Å². The summed E-state index contributed by atoms with van der Waals surface area (Å²) in [6, 6.07) is 12.2. The highest BCUT2D eigenvalue weighted by Gasteiger charge is 2.18. The van der Waals surface area contributed by atoms with Gasteiger partial charge in [-0.05, 0) is 56.7 Å². The Morgan fingerprint density at radius 1 is 1.14 bits per heavy atom. The number of rotatable bonds is 7. The monoisotopic (exact) mass is 514 g/mol. The highest BCUT2D eigenvalue weighted by molar-refractivity contribution is 6.31. The highest BCUT2D eigenvalue weighted by atomic mass is 35.5. The maximum Gasteiger partial charge on any atom is 0.291 e. The first-order chi connectivity index (χ1) is 16.6. The number of nitrogens with zero attached hydrogens (tertiary/aromatic N) is 3. The number of carbonyl (C=O) groups is 1. The highest BCUT2D eigenvalue weighted by Crippen LogP contribution is 2.32. The summed E-state index contributed by atoms with van der Waals surface area (Å²) in [7, 11) is 0. The molecule has 4 aromatic rings. The molecule has 0 spiro atoms. The van der Waals surface area contributed by atoms with E-state index in [1.807, 2.05) is 6.92 Å². The smallest absolute Gasteiger partial charge is 0.291 e. The van der Waals surface area contributed by atoms with Crippen molar-refractivity contribution in [2.24, 2.45) is 0 Å². The molecule has 0 radical (unpaired) electrons. The molecule has 1 amide bonds. The Bertz CT molecular complexity index is 1440. The molecule has 4 rings (SSSR count). The molecular formula is C24H20Cl2N4O5. The maximum atomic E-state index is 12.8. The molecule has 2 aromatic carbocycles. The summed E-state index contributed by atoms with van der Waals surface area (Å²) in [5.74, 6) is 0.624. The van der Waals surface area contributed by atoms with Gasteiger partial charge in [0.15, 0.2) is 5.76 Å². The van der Waals surface area contributed by atoms with Gasteiger partial charge >= 0.3 is 0 Å². The second-order valence-electron chi connectivity index (χ2n) is 7.85. The second kappa shape index (κ2) is 9.81. The molecule has 9 nitrogen and oxygen atoms in total. The number of aromatic nitrogens is 2. The number of aryl methyl sites for hydroxylation is 2. The van der Waals surface area contributed by atoms with Crippen LogP contribution in [-0.4, -0.2) is 20.6 Å². The topological polar surface area (TPSA) is 112 Å². The van der Waals surface area contributed by atoms with E-state index in [4.69, 9.17) is 32.4 Å². The van der Waals surface area contributed by atoms with Gasteiger partial charge in [0.2, 0.25) is 0 Å². The Morgan fingerprint density at radius 2 is 1.91 bits per heavy atom. The van der Waals surface area contributed by atoms with Crippen LogP contribution in [-0.2, 0) is 6.54 Å². The fraction of sp³-hybridized carbons (Fsp3) is 0.167. The first-order valence-electron chi connectivity index (χ1n) is 10.4. The van der Waals surface area contributed by atoms with Crippen LogP contribution in [0.1, 0.15) is 33.3 Å². The lowest BCUT2D eigenvalue weighted by Crippen LogP contribution is -2.11. The normalized spacial score (nSPS) is 10.9. The van der Waals surface area contributed by atoms with E-state index < -0.39 is 10.8 Å². The van der Waals surface area contributed by atoms with Gasteiger partial charge in [0, 0.05) is 17.2 Å². The molecular weight excluding hydrogens is 495 g/mol. The molecule has 2 heterocycles. The molecule has 0 saturated carbocycles. The summed E-state index contributed by atoms with van der Waals surface area (Å²) in [5.41, 5.74) is 2.17. The van der Waals surface area contributed by atoms with E-state index in [-0.39, 0.29) is 22.9 Å². The minimum Gasteiger partial charge on any atom is -0.457 e. The molecule has 0 saturated heterocycles. The Morgan fingerprint density at radius 3 is 2.57 bits per heavy atom. The van der Waals surface area contributed by atoms with E-state index in [2.05, 4.69) is 10.4 Å². The number of halogens is 2. The molecule has 35 heavy (non-hydrogen) atoms. The van der Waals surface area contributed by atoms with Gasteiger partial charge in [-0.3, -0.25) is 19.6 Å². The zero-order valence-electron chi connectivity index (χ0n) is 19.0. The lowest BCUT2D eigenvalue weighted by molar-refractivity contribution is -0.384.